The lowest BCUT2D eigenvalue weighted by molar-refractivity contribution is 0.209. The van der Waals surface area contributed by atoms with Crippen molar-refractivity contribution in [3.63, 3.8) is 0 Å². The van der Waals surface area contributed by atoms with E-state index in [1.54, 1.807) is 0 Å². The molecule has 0 aliphatic carbocycles. The van der Waals surface area contributed by atoms with Crippen molar-refractivity contribution in [3.05, 3.63) is 24.3 Å². The van der Waals surface area contributed by atoms with Crippen molar-refractivity contribution < 1.29 is 5.11 Å². The first-order chi connectivity index (χ1) is 10.1. The molecule has 2 N–H and O–H groups in total. The molecule has 0 amide bonds. The average Bonchev–Trinajstić information content (AvgIpc) is 2.53. The van der Waals surface area contributed by atoms with Gasteiger partial charge in [0.05, 0.1) is 12.0 Å². The molecule has 1 atom stereocenters. The van der Waals surface area contributed by atoms with Crippen LogP contribution in [0.1, 0.15) is 13.8 Å². The lowest BCUT2D eigenvalue weighted by Crippen LogP contribution is -2.48. The van der Waals surface area contributed by atoms with E-state index in [4.69, 9.17) is 11.6 Å². The van der Waals surface area contributed by atoms with E-state index in [1.165, 1.54) is 5.69 Å². The molecule has 1 aliphatic heterocycles. The van der Waals surface area contributed by atoms with Crippen LogP contribution in [0.25, 0.3) is 0 Å². The molecular weight excluding hydrogens is 286 g/mol. The monoisotopic (exact) mass is 311 g/mol. The van der Waals surface area contributed by atoms with E-state index in [0.717, 1.165) is 31.9 Å². The quantitative estimate of drug-likeness (QED) is 0.790. The van der Waals surface area contributed by atoms with Gasteiger partial charge >= 0.3 is 0 Å². The predicted molar refractivity (Wildman–Crippen MR) is 90.6 cm³/mol. The van der Waals surface area contributed by atoms with Crippen LogP contribution in [0.15, 0.2) is 24.3 Å². The normalized spacial score (nSPS) is 18.0. The highest BCUT2D eigenvalue weighted by Crippen LogP contribution is 2.20. The van der Waals surface area contributed by atoms with Crippen LogP contribution in [-0.2, 0) is 0 Å². The van der Waals surface area contributed by atoms with Gasteiger partial charge in [-0.2, -0.15) is 0 Å². The molecule has 2 rings (SSSR count). The first-order valence-corrected chi connectivity index (χ1v) is 8.20. The van der Waals surface area contributed by atoms with Crippen molar-refractivity contribution in [2.45, 2.75) is 26.0 Å². The number of hydrogen-bond acceptors (Lipinski definition) is 4. The molecule has 0 saturated carbocycles. The number of benzene rings is 1. The third-order valence-electron chi connectivity index (χ3n) is 4.00. The minimum Gasteiger partial charge on any atom is -0.390 e. The topological polar surface area (TPSA) is 38.7 Å². The Morgan fingerprint density at radius 1 is 1.14 bits per heavy atom. The second-order valence-corrected chi connectivity index (χ2v) is 6.16. The summed E-state index contributed by atoms with van der Waals surface area (Å²) in [6.45, 7) is 9.40. The number of halogens is 1. The lowest BCUT2D eigenvalue weighted by atomic mass is 10.2. The smallest absolute Gasteiger partial charge is 0.0847 e. The first kappa shape index (κ1) is 16.4. The zero-order valence-electron chi connectivity index (χ0n) is 12.9. The van der Waals surface area contributed by atoms with Crippen LogP contribution >= 0.6 is 11.6 Å². The van der Waals surface area contributed by atoms with Gasteiger partial charge in [-0.1, -0.05) is 0 Å². The van der Waals surface area contributed by atoms with E-state index in [2.05, 4.69) is 53.2 Å². The molecule has 0 radical (unpaired) electrons. The molecular formula is C16H26ClN3O. The Morgan fingerprint density at radius 2 is 1.76 bits per heavy atom. The van der Waals surface area contributed by atoms with Crippen LogP contribution in [0.3, 0.4) is 0 Å². The molecule has 1 fully saturated rings. The number of nitrogens with zero attached hydrogens (tertiary/aromatic N) is 2. The Kier molecular flexibility index (Phi) is 6.15. The molecule has 5 heteroatoms. The van der Waals surface area contributed by atoms with E-state index < -0.39 is 6.10 Å². The highest BCUT2D eigenvalue weighted by atomic mass is 35.5. The van der Waals surface area contributed by atoms with Gasteiger partial charge in [0.2, 0.25) is 0 Å². The molecule has 1 aromatic rings. The summed E-state index contributed by atoms with van der Waals surface area (Å²) in [5.74, 6) is 0.255. The Bertz CT molecular complexity index is 416. The largest absolute Gasteiger partial charge is 0.390 e. The standard InChI is InChI=1S/C16H26ClN3O/c1-13(2)19-7-9-20(10-8-19)15-5-3-14(4-6-15)18-12-16(21)11-17/h3-6,13,16,18,21H,7-12H2,1-2H3. The summed E-state index contributed by atoms with van der Waals surface area (Å²) in [6.07, 6.45) is -0.504. The third kappa shape index (κ3) is 4.77. The second-order valence-electron chi connectivity index (χ2n) is 5.85. The zero-order valence-corrected chi connectivity index (χ0v) is 13.7. The molecule has 1 heterocycles. The van der Waals surface area contributed by atoms with E-state index in [9.17, 15) is 5.11 Å². The van der Waals surface area contributed by atoms with Gasteiger partial charge in [0, 0.05) is 50.1 Å². The molecule has 0 spiro atoms. The Hall–Kier alpha value is -0.970. The van der Waals surface area contributed by atoms with Crippen LogP contribution in [-0.4, -0.2) is 60.8 Å². The Labute approximate surface area is 132 Å². The summed E-state index contributed by atoms with van der Waals surface area (Å²) in [5.41, 5.74) is 2.28. The molecule has 1 saturated heterocycles. The maximum absolute atomic E-state index is 9.44. The molecule has 0 aromatic heterocycles. The van der Waals surface area contributed by atoms with Crippen LogP contribution in [0.4, 0.5) is 11.4 Å². The van der Waals surface area contributed by atoms with Crippen molar-refractivity contribution in [1.29, 1.82) is 0 Å². The molecule has 1 unspecified atom stereocenters. The van der Waals surface area contributed by atoms with Gasteiger partial charge in [0.15, 0.2) is 0 Å². The van der Waals surface area contributed by atoms with Crippen LogP contribution in [0, 0.1) is 0 Å². The highest BCUT2D eigenvalue weighted by molar-refractivity contribution is 6.18. The van der Waals surface area contributed by atoms with E-state index in [0.29, 0.717) is 12.6 Å². The molecule has 4 nitrogen and oxygen atoms in total. The first-order valence-electron chi connectivity index (χ1n) is 7.67. The molecule has 0 bridgehead atoms. The molecule has 118 valence electrons. The fourth-order valence-electron chi connectivity index (χ4n) is 2.58. The number of rotatable bonds is 6. The number of aliphatic hydroxyl groups excluding tert-OH is 1. The van der Waals surface area contributed by atoms with Crippen molar-refractivity contribution in [2.75, 3.05) is 48.8 Å². The number of alkyl halides is 1. The van der Waals surface area contributed by atoms with Gasteiger partial charge in [-0.25, -0.2) is 0 Å². The summed E-state index contributed by atoms with van der Waals surface area (Å²) in [7, 11) is 0. The minimum absolute atomic E-state index is 0.255. The van der Waals surface area contributed by atoms with Crippen molar-refractivity contribution in [1.82, 2.24) is 4.90 Å². The SMILES string of the molecule is CC(C)N1CCN(c2ccc(NCC(O)CCl)cc2)CC1. The zero-order chi connectivity index (χ0) is 15.2. The number of aliphatic hydroxyl groups is 1. The highest BCUT2D eigenvalue weighted by Gasteiger charge is 2.18. The van der Waals surface area contributed by atoms with Crippen LogP contribution < -0.4 is 10.2 Å². The molecule has 1 aromatic carbocycles. The molecule has 1 aliphatic rings. The maximum atomic E-state index is 9.44. The maximum Gasteiger partial charge on any atom is 0.0847 e. The summed E-state index contributed by atoms with van der Waals surface area (Å²) < 4.78 is 0. The van der Waals surface area contributed by atoms with Crippen molar-refractivity contribution >= 4 is 23.0 Å². The Morgan fingerprint density at radius 3 is 2.29 bits per heavy atom. The van der Waals surface area contributed by atoms with Gasteiger partial charge in [0.1, 0.15) is 0 Å². The van der Waals surface area contributed by atoms with E-state index in [-0.39, 0.29) is 5.88 Å². The summed E-state index contributed by atoms with van der Waals surface area (Å²) >= 11 is 5.58. The van der Waals surface area contributed by atoms with Gasteiger partial charge in [0.25, 0.3) is 0 Å². The number of hydrogen-bond donors (Lipinski definition) is 2. The van der Waals surface area contributed by atoms with Crippen molar-refractivity contribution in [2.24, 2.45) is 0 Å². The minimum atomic E-state index is -0.504. The third-order valence-corrected chi connectivity index (χ3v) is 4.35. The van der Waals surface area contributed by atoms with Gasteiger partial charge in [-0.05, 0) is 38.1 Å². The second kappa shape index (κ2) is 7.87. The van der Waals surface area contributed by atoms with E-state index >= 15 is 0 Å². The lowest BCUT2D eigenvalue weighted by Gasteiger charge is -2.38. The molecule has 21 heavy (non-hydrogen) atoms. The van der Waals surface area contributed by atoms with Gasteiger partial charge in [-0.15, -0.1) is 11.6 Å². The number of piperazine rings is 1. The predicted octanol–water partition coefficient (Wildman–Crippen LogP) is 2.23. The fourth-order valence-corrected chi connectivity index (χ4v) is 2.69. The Balaban J connectivity index is 1.85. The summed E-state index contributed by atoms with van der Waals surface area (Å²) in [4.78, 5) is 4.94. The summed E-state index contributed by atoms with van der Waals surface area (Å²) in [5, 5.41) is 12.6. The number of nitrogens with one attached hydrogen (secondary N) is 1. The van der Waals surface area contributed by atoms with Gasteiger partial charge < -0.3 is 15.3 Å². The van der Waals surface area contributed by atoms with E-state index in [1.807, 2.05) is 0 Å². The van der Waals surface area contributed by atoms with Crippen molar-refractivity contribution in [3.8, 4) is 0 Å². The summed E-state index contributed by atoms with van der Waals surface area (Å²) in [6, 6.07) is 9.03. The number of anilines is 2. The van der Waals surface area contributed by atoms with Gasteiger partial charge in [-0.3, -0.25) is 4.90 Å². The van der Waals surface area contributed by atoms with Crippen LogP contribution in [0.2, 0.25) is 0 Å². The fraction of sp³-hybridized carbons (Fsp3) is 0.625. The van der Waals surface area contributed by atoms with Crippen LogP contribution in [0.5, 0.6) is 0 Å². The average molecular weight is 312 g/mol.